The van der Waals surface area contributed by atoms with E-state index in [-0.39, 0.29) is 18.9 Å². The number of hydrogen-bond acceptors (Lipinski definition) is 6. The van der Waals surface area contributed by atoms with Gasteiger partial charge in [0.15, 0.2) is 6.10 Å². The number of urea groups is 1. The number of halogens is 3. The van der Waals surface area contributed by atoms with Gasteiger partial charge in [0.1, 0.15) is 23.7 Å². The second kappa shape index (κ2) is 11.2. The van der Waals surface area contributed by atoms with Gasteiger partial charge in [-0.15, -0.1) is 0 Å². The fourth-order valence-corrected chi connectivity index (χ4v) is 4.31. The normalized spacial score (nSPS) is 22.0. The van der Waals surface area contributed by atoms with Gasteiger partial charge in [-0.3, -0.25) is 5.32 Å². The second-order valence-electron chi connectivity index (χ2n) is 8.89. The van der Waals surface area contributed by atoms with E-state index in [0.29, 0.717) is 17.2 Å². The van der Waals surface area contributed by atoms with Crippen LogP contribution in [-0.2, 0) is 20.4 Å². The van der Waals surface area contributed by atoms with E-state index >= 15 is 0 Å². The molecule has 2 fully saturated rings. The lowest BCUT2D eigenvalue weighted by Crippen LogP contribution is -2.46. The van der Waals surface area contributed by atoms with Crippen LogP contribution in [0, 0.1) is 0 Å². The molecular formula is C27H24F3N3O6. The lowest BCUT2D eigenvalue weighted by atomic mass is 10.1. The summed E-state index contributed by atoms with van der Waals surface area (Å²) >= 11 is 0. The summed E-state index contributed by atoms with van der Waals surface area (Å²) in [6, 6.07) is 19.4. The van der Waals surface area contributed by atoms with Crippen LogP contribution in [0.1, 0.15) is 5.56 Å². The third-order valence-corrected chi connectivity index (χ3v) is 6.11. The van der Waals surface area contributed by atoms with E-state index in [1.54, 1.807) is 24.3 Å². The molecule has 0 saturated carbocycles. The van der Waals surface area contributed by atoms with Crippen molar-refractivity contribution in [3.8, 4) is 11.5 Å². The fraction of sp³-hybridized carbons (Fsp3) is 0.259. The Balaban J connectivity index is 1.09. The summed E-state index contributed by atoms with van der Waals surface area (Å²) in [6.07, 6.45) is -7.49. The van der Waals surface area contributed by atoms with Gasteiger partial charge >= 0.3 is 18.3 Å². The van der Waals surface area contributed by atoms with Gasteiger partial charge in [-0.2, -0.15) is 13.2 Å². The Bertz CT molecular complexity index is 1310. The number of carbonyl (C=O) groups excluding carboxylic acids is 2. The molecule has 5 rings (SSSR count). The lowest BCUT2D eigenvalue weighted by Gasteiger charge is -2.18. The maximum Gasteiger partial charge on any atom is 0.416 e. The molecule has 0 aliphatic carbocycles. The minimum absolute atomic E-state index is 0.00796. The zero-order chi connectivity index (χ0) is 27.4. The van der Waals surface area contributed by atoms with Crippen molar-refractivity contribution in [3.63, 3.8) is 0 Å². The molecule has 0 radical (unpaired) electrons. The molecule has 3 N–H and O–H groups in total. The average Bonchev–Trinajstić information content (AvgIpc) is 3.48. The Morgan fingerprint density at radius 1 is 0.795 bits per heavy atom. The van der Waals surface area contributed by atoms with E-state index in [1.165, 1.54) is 12.1 Å². The maximum atomic E-state index is 12.9. The molecule has 3 amide bonds. The third kappa shape index (κ3) is 6.59. The first-order valence-electron chi connectivity index (χ1n) is 12.0. The Kier molecular flexibility index (Phi) is 7.57. The number of para-hydroxylation sites is 1. The van der Waals surface area contributed by atoms with Crippen LogP contribution in [0.3, 0.4) is 0 Å². The van der Waals surface area contributed by atoms with Crippen molar-refractivity contribution < 1.29 is 41.7 Å². The number of fused-ring (bicyclic) bond motifs is 1. The van der Waals surface area contributed by atoms with E-state index in [9.17, 15) is 22.8 Å². The van der Waals surface area contributed by atoms with E-state index in [0.717, 1.165) is 12.1 Å². The zero-order valence-corrected chi connectivity index (χ0v) is 20.3. The lowest BCUT2D eigenvalue weighted by molar-refractivity contribution is -0.137. The highest BCUT2D eigenvalue weighted by Gasteiger charge is 2.50. The van der Waals surface area contributed by atoms with Crippen molar-refractivity contribution in [1.29, 1.82) is 0 Å². The summed E-state index contributed by atoms with van der Waals surface area (Å²) < 4.78 is 61.2. The summed E-state index contributed by atoms with van der Waals surface area (Å²) in [5.41, 5.74) is -0.413. The number of nitrogens with one attached hydrogen (secondary N) is 3. The molecule has 9 nitrogen and oxygen atoms in total. The first-order valence-corrected chi connectivity index (χ1v) is 12.0. The first kappa shape index (κ1) is 26.3. The van der Waals surface area contributed by atoms with Crippen molar-refractivity contribution in [1.82, 2.24) is 5.32 Å². The van der Waals surface area contributed by atoms with Gasteiger partial charge in [-0.05, 0) is 54.6 Å². The van der Waals surface area contributed by atoms with Crippen molar-refractivity contribution in [2.45, 2.75) is 30.5 Å². The summed E-state index contributed by atoms with van der Waals surface area (Å²) in [5, 5.41) is 7.82. The molecule has 0 aromatic heterocycles. The van der Waals surface area contributed by atoms with Crippen molar-refractivity contribution in [2.24, 2.45) is 0 Å². The second-order valence-corrected chi connectivity index (χ2v) is 8.89. The molecule has 3 aromatic carbocycles. The predicted octanol–water partition coefficient (Wildman–Crippen LogP) is 5.40. The monoisotopic (exact) mass is 543 g/mol. The highest BCUT2D eigenvalue weighted by molar-refractivity contribution is 5.89. The fourth-order valence-electron chi connectivity index (χ4n) is 4.31. The molecule has 2 aliphatic heterocycles. The topological polar surface area (TPSA) is 107 Å². The molecule has 4 atom stereocenters. The van der Waals surface area contributed by atoms with Crippen LogP contribution in [0.2, 0.25) is 0 Å². The zero-order valence-electron chi connectivity index (χ0n) is 20.3. The van der Waals surface area contributed by atoms with Gasteiger partial charge in [0, 0.05) is 11.4 Å². The third-order valence-electron chi connectivity index (χ3n) is 6.11. The Morgan fingerprint density at radius 3 is 2.26 bits per heavy atom. The molecule has 0 unspecified atom stereocenters. The minimum atomic E-state index is -4.54. The van der Waals surface area contributed by atoms with Crippen LogP contribution in [0.15, 0.2) is 78.9 Å². The van der Waals surface area contributed by atoms with Crippen molar-refractivity contribution >= 4 is 23.5 Å². The number of hydrogen-bond donors (Lipinski definition) is 3. The number of benzene rings is 3. The largest absolute Gasteiger partial charge is 0.457 e. The van der Waals surface area contributed by atoms with Crippen LogP contribution in [0.4, 0.5) is 34.1 Å². The van der Waals surface area contributed by atoms with Gasteiger partial charge < -0.3 is 29.6 Å². The molecular weight excluding hydrogens is 519 g/mol. The Hall–Kier alpha value is -4.29. The van der Waals surface area contributed by atoms with E-state index in [1.807, 2.05) is 30.3 Å². The van der Waals surface area contributed by atoms with Gasteiger partial charge in [-0.25, -0.2) is 9.59 Å². The summed E-state index contributed by atoms with van der Waals surface area (Å²) in [4.78, 5) is 24.8. The van der Waals surface area contributed by atoms with Crippen LogP contribution in [0.5, 0.6) is 11.5 Å². The van der Waals surface area contributed by atoms with Gasteiger partial charge in [0.25, 0.3) is 0 Å². The van der Waals surface area contributed by atoms with Gasteiger partial charge in [0.05, 0.1) is 24.8 Å². The highest BCUT2D eigenvalue weighted by Crippen LogP contribution is 2.32. The average molecular weight is 543 g/mol. The SMILES string of the molecule is O=C(Nc1ccc(Oc2ccccc2)cc1)N[C@H]1CO[C@H]2[C@@H]1OC[C@H]2OC(=O)Nc1cccc(C(F)(F)F)c1. The van der Waals surface area contributed by atoms with Crippen molar-refractivity contribution in [3.05, 3.63) is 84.4 Å². The van der Waals surface area contributed by atoms with Gasteiger partial charge in [0.2, 0.25) is 0 Å². The molecule has 0 spiro atoms. The minimum Gasteiger partial charge on any atom is -0.457 e. The molecule has 2 saturated heterocycles. The summed E-state index contributed by atoms with van der Waals surface area (Å²) in [5.74, 6) is 1.31. The Labute approximate surface area is 221 Å². The van der Waals surface area contributed by atoms with E-state index < -0.39 is 48.2 Å². The van der Waals surface area contributed by atoms with Crippen LogP contribution >= 0.6 is 0 Å². The molecule has 0 bridgehead atoms. The summed E-state index contributed by atoms with van der Waals surface area (Å²) in [6.45, 7) is 0.135. The molecule has 3 aromatic rings. The standard InChI is InChI=1S/C27H24F3N3O6/c28-27(29,30)16-5-4-6-18(13-16)32-26(35)39-22-15-37-23-21(14-36-24(22)23)33-25(34)31-17-9-11-20(12-10-17)38-19-7-2-1-3-8-19/h1-13,21-24H,14-15H2,(H,32,35)(H2,31,33,34)/t21-,22+,23+,24+/m0/s1. The molecule has 204 valence electrons. The van der Waals surface area contributed by atoms with Crippen LogP contribution in [-0.4, -0.2) is 49.7 Å². The number of amides is 3. The van der Waals surface area contributed by atoms with Crippen LogP contribution in [0.25, 0.3) is 0 Å². The number of ether oxygens (including phenoxy) is 4. The van der Waals surface area contributed by atoms with E-state index in [4.69, 9.17) is 18.9 Å². The number of anilines is 2. The number of rotatable bonds is 6. The maximum absolute atomic E-state index is 12.9. The van der Waals surface area contributed by atoms with Gasteiger partial charge in [-0.1, -0.05) is 24.3 Å². The molecule has 12 heteroatoms. The van der Waals surface area contributed by atoms with Crippen molar-refractivity contribution in [2.75, 3.05) is 23.8 Å². The molecule has 39 heavy (non-hydrogen) atoms. The van der Waals surface area contributed by atoms with E-state index in [2.05, 4.69) is 16.0 Å². The highest BCUT2D eigenvalue weighted by atomic mass is 19.4. The number of carbonyl (C=O) groups is 2. The quantitative estimate of drug-likeness (QED) is 0.384. The number of alkyl halides is 3. The summed E-state index contributed by atoms with van der Waals surface area (Å²) in [7, 11) is 0. The first-order chi connectivity index (χ1) is 18.7. The molecule has 2 aliphatic rings. The molecule has 2 heterocycles. The Morgan fingerprint density at radius 2 is 1.51 bits per heavy atom. The van der Waals surface area contributed by atoms with Crippen LogP contribution < -0.4 is 20.7 Å². The predicted molar refractivity (Wildman–Crippen MR) is 134 cm³/mol. The smallest absolute Gasteiger partial charge is 0.416 e.